The first-order valence-corrected chi connectivity index (χ1v) is 7.62. The van der Waals surface area contributed by atoms with E-state index in [1.165, 1.54) is 18.3 Å². The van der Waals surface area contributed by atoms with Crippen molar-refractivity contribution in [3.8, 4) is 0 Å². The van der Waals surface area contributed by atoms with Crippen LogP contribution < -0.4 is 5.43 Å². The third kappa shape index (κ3) is 2.47. The maximum atomic E-state index is 12.4. The van der Waals surface area contributed by atoms with Gasteiger partial charge < -0.3 is 4.74 Å². The minimum Gasteiger partial charge on any atom is -0.461 e. The lowest BCUT2D eigenvalue weighted by atomic mass is 10.2. The number of rotatable bonds is 4. The van der Waals surface area contributed by atoms with E-state index >= 15 is 0 Å². The Morgan fingerprint density at radius 3 is 2.62 bits per heavy atom. The van der Waals surface area contributed by atoms with Gasteiger partial charge in [0.25, 0.3) is 0 Å². The number of cyclic esters (lactones) is 1. The van der Waals surface area contributed by atoms with E-state index in [0.29, 0.717) is 0 Å². The fourth-order valence-corrected chi connectivity index (χ4v) is 2.88. The number of ether oxygens (including phenoxy) is 1. The van der Waals surface area contributed by atoms with Crippen molar-refractivity contribution in [2.45, 2.75) is 22.9 Å². The van der Waals surface area contributed by atoms with Gasteiger partial charge in [-0.2, -0.15) is 4.79 Å². The van der Waals surface area contributed by atoms with Gasteiger partial charge in [-0.1, -0.05) is 17.7 Å². The number of nitrogens with zero attached hydrogens (tertiary/aromatic N) is 3. The Labute approximate surface area is 120 Å². The van der Waals surface area contributed by atoms with Crippen molar-refractivity contribution in [2.24, 2.45) is 0 Å². The van der Waals surface area contributed by atoms with E-state index in [0.717, 1.165) is 10.4 Å². The highest BCUT2D eigenvalue weighted by Crippen LogP contribution is 2.18. The summed E-state index contributed by atoms with van der Waals surface area (Å²) in [6, 6.07) is 5.92. The number of carbonyl (C=O) groups is 1. The van der Waals surface area contributed by atoms with E-state index in [-0.39, 0.29) is 16.5 Å². The molecule has 1 aliphatic rings. The molecule has 21 heavy (non-hydrogen) atoms. The Bertz CT molecular complexity index is 782. The second-order valence-corrected chi connectivity index (χ2v) is 6.53. The molecule has 0 amide bonds. The lowest BCUT2D eigenvalue weighted by Crippen LogP contribution is -2.49. The quantitative estimate of drug-likeness (QED) is 0.786. The molecule has 3 rings (SSSR count). The molecule has 0 spiro atoms. The fourth-order valence-electron chi connectivity index (χ4n) is 1.76. The lowest BCUT2D eigenvalue weighted by molar-refractivity contribution is -0.160. The number of hydrogen-bond acceptors (Lipinski definition) is 7. The van der Waals surface area contributed by atoms with E-state index in [4.69, 9.17) is 0 Å². The number of sulfone groups is 1. The number of benzene rings is 1. The molecule has 0 saturated carbocycles. The molecule has 1 unspecified atom stereocenters. The van der Waals surface area contributed by atoms with Gasteiger partial charge in [-0.15, -0.1) is 5.10 Å². The summed E-state index contributed by atoms with van der Waals surface area (Å²) in [7, 11) is -3.72. The number of aromatic nitrogens is 3. The molecule has 1 saturated heterocycles. The Balaban J connectivity index is 1.84. The van der Waals surface area contributed by atoms with Crippen LogP contribution in [0.15, 0.2) is 40.4 Å². The summed E-state index contributed by atoms with van der Waals surface area (Å²) >= 11 is 0. The van der Waals surface area contributed by atoms with E-state index in [1.54, 1.807) is 12.1 Å². The van der Waals surface area contributed by atoms with Crippen molar-refractivity contribution in [2.75, 3.05) is 12.0 Å². The summed E-state index contributed by atoms with van der Waals surface area (Å²) in [5.74, 6) is -0.409. The van der Waals surface area contributed by atoms with Gasteiger partial charge in [0, 0.05) is 0 Å². The predicted octanol–water partition coefficient (Wildman–Crippen LogP) is -0.112. The van der Waals surface area contributed by atoms with Gasteiger partial charge in [0.2, 0.25) is 14.9 Å². The van der Waals surface area contributed by atoms with Crippen molar-refractivity contribution < 1.29 is 17.9 Å². The zero-order valence-corrected chi connectivity index (χ0v) is 11.9. The predicted molar refractivity (Wildman–Crippen MR) is 70.8 cm³/mol. The summed E-state index contributed by atoms with van der Waals surface area (Å²) in [6.07, 6.45) is 1.22. The smallest absolute Gasteiger partial charge is 0.333 e. The fraction of sp³-hybridized carbons (Fsp3) is 0.250. The molecule has 0 radical (unpaired) electrons. The highest BCUT2D eigenvalue weighted by Gasteiger charge is 2.31. The second-order valence-electron chi connectivity index (χ2n) is 4.63. The molecule has 9 heteroatoms. The number of hydrogen-bond donors (Lipinski definition) is 1. The van der Waals surface area contributed by atoms with Crippen molar-refractivity contribution >= 4 is 15.8 Å². The molecule has 1 N–H and O–H groups in total. The molecule has 110 valence electrons. The summed E-state index contributed by atoms with van der Waals surface area (Å²) in [4.78, 5) is 12.3. The Hall–Kier alpha value is -2.42. The summed E-state index contributed by atoms with van der Waals surface area (Å²) in [5.41, 5.74) is 3.65. The summed E-state index contributed by atoms with van der Waals surface area (Å²) < 4.78 is 29.3. The zero-order valence-electron chi connectivity index (χ0n) is 11.1. The number of nitrogens with one attached hydrogen (secondary N) is 1. The molecule has 1 fully saturated rings. The van der Waals surface area contributed by atoms with E-state index in [2.05, 4.69) is 20.5 Å². The largest absolute Gasteiger partial charge is 0.461 e. The zero-order chi connectivity index (χ0) is 15.0. The minimum absolute atomic E-state index is 0.142. The van der Waals surface area contributed by atoms with Crippen LogP contribution in [0.4, 0.5) is 0 Å². The van der Waals surface area contributed by atoms with Crippen LogP contribution in [-0.4, -0.2) is 42.1 Å². The Morgan fingerprint density at radius 2 is 2.05 bits per heavy atom. The van der Waals surface area contributed by atoms with E-state index < -0.39 is 21.8 Å². The van der Waals surface area contributed by atoms with Crippen molar-refractivity contribution in [3.63, 3.8) is 0 Å². The number of esters is 1. The maximum absolute atomic E-state index is 12.4. The van der Waals surface area contributed by atoms with E-state index in [9.17, 15) is 13.2 Å². The van der Waals surface area contributed by atoms with Crippen LogP contribution in [0, 0.1) is 6.92 Å². The topological polar surface area (TPSA) is 103 Å². The van der Waals surface area contributed by atoms with Gasteiger partial charge in [-0.3, -0.25) is 5.43 Å². The third-order valence-corrected chi connectivity index (χ3v) is 4.67. The van der Waals surface area contributed by atoms with Crippen LogP contribution >= 0.6 is 0 Å². The van der Waals surface area contributed by atoms with Crippen LogP contribution in [0.25, 0.3) is 0 Å². The highest BCUT2D eigenvalue weighted by atomic mass is 32.2. The van der Waals surface area contributed by atoms with Gasteiger partial charge >= 0.3 is 5.97 Å². The van der Waals surface area contributed by atoms with Crippen molar-refractivity contribution in [1.82, 2.24) is 15.1 Å². The summed E-state index contributed by atoms with van der Waals surface area (Å²) in [6.45, 7) is 2.09. The molecule has 2 heterocycles. The van der Waals surface area contributed by atoms with Gasteiger partial charge in [0.05, 0.1) is 11.1 Å². The molecular formula is C12H12N4O4S. The number of carbonyl (C=O) groups excluding carboxylic acids is 1. The molecule has 1 aromatic carbocycles. The maximum Gasteiger partial charge on any atom is 0.333 e. The first-order chi connectivity index (χ1) is 9.96. The third-order valence-electron chi connectivity index (χ3n) is 3.04. The van der Waals surface area contributed by atoms with Crippen LogP contribution in [0.1, 0.15) is 5.56 Å². The average Bonchev–Trinajstić information content (AvgIpc) is 2.93. The highest BCUT2D eigenvalue weighted by molar-refractivity contribution is 7.91. The molecule has 1 aliphatic heterocycles. The van der Waals surface area contributed by atoms with Gasteiger partial charge in [-0.05, 0) is 24.3 Å². The van der Waals surface area contributed by atoms with Crippen LogP contribution in [0.2, 0.25) is 0 Å². The molecule has 1 aromatic heterocycles. The molecule has 2 aromatic rings. The monoisotopic (exact) mass is 308 g/mol. The standard InChI is InChI=1S/C12H12N4O4S/c1-8-2-4-9(5-3-8)21(18,19)11-6-16(15-13-11)14-10-7-20-12(10)17/h2-6,10,14H,7H2,1H3. The molecule has 0 aliphatic carbocycles. The molecule has 0 bridgehead atoms. The second kappa shape index (κ2) is 4.85. The SMILES string of the molecule is Cc1ccc(S(=O)(=O)c2cn(NC3COC3=O)nn2)cc1. The minimum atomic E-state index is -3.72. The first-order valence-electron chi connectivity index (χ1n) is 6.14. The Morgan fingerprint density at radius 1 is 1.33 bits per heavy atom. The average molecular weight is 308 g/mol. The summed E-state index contributed by atoms with van der Waals surface area (Å²) in [5, 5.41) is 7.10. The van der Waals surface area contributed by atoms with Gasteiger partial charge in [0.1, 0.15) is 6.61 Å². The van der Waals surface area contributed by atoms with Gasteiger partial charge in [0.15, 0.2) is 6.04 Å². The van der Waals surface area contributed by atoms with Crippen LogP contribution in [0.3, 0.4) is 0 Å². The number of aryl methyl sites for hydroxylation is 1. The normalized spacial score (nSPS) is 18.0. The van der Waals surface area contributed by atoms with Crippen molar-refractivity contribution in [3.05, 3.63) is 36.0 Å². The van der Waals surface area contributed by atoms with Gasteiger partial charge in [-0.25, -0.2) is 13.2 Å². The molecular weight excluding hydrogens is 296 g/mol. The van der Waals surface area contributed by atoms with Crippen molar-refractivity contribution in [1.29, 1.82) is 0 Å². The lowest BCUT2D eigenvalue weighted by Gasteiger charge is -2.25. The Kier molecular flexibility index (Phi) is 3.13. The van der Waals surface area contributed by atoms with Crippen LogP contribution in [-0.2, 0) is 19.4 Å². The van der Waals surface area contributed by atoms with E-state index in [1.807, 2.05) is 6.92 Å². The van der Waals surface area contributed by atoms with Crippen LogP contribution in [0.5, 0.6) is 0 Å². The molecule has 1 atom stereocenters. The first kappa shape index (κ1) is 13.6. The molecule has 8 nitrogen and oxygen atoms in total.